The van der Waals surface area contributed by atoms with Gasteiger partial charge in [-0.3, -0.25) is 0 Å². The molecule has 1 aliphatic carbocycles. The third-order valence-electron chi connectivity index (χ3n) is 3.26. The van der Waals surface area contributed by atoms with Crippen molar-refractivity contribution in [2.45, 2.75) is 24.5 Å². The molecule has 3 rings (SSSR count). The summed E-state index contributed by atoms with van der Waals surface area (Å²) in [5.41, 5.74) is 0.718. The van der Waals surface area contributed by atoms with Gasteiger partial charge in [-0.05, 0) is 30.5 Å². The molecule has 17 heavy (non-hydrogen) atoms. The van der Waals surface area contributed by atoms with E-state index in [4.69, 9.17) is 9.47 Å². The van der Waals surface area contributed by atoms with Crippen molar-refractivity contribution in [2.75, 3.05) is 13.2 Å². The number of ether oxygens (including phenoxy) is 2. The summed E-state index contributed by atoms with van der Waals surface area (Å²) >= 11 is 0. The van der Waals surface area contributed by atoms with Crippen LogP contribution in [0.3, 0.4) is 0 Å². The van der Waals surface area contributed by atoms with Crippen molar-refractivity contribution in [3.05, 3.63) is 29.8 Å². The van der Waals surface area contributed by atoms with Crippen molar-refractivity contribution >= 4 is 6.08 Å². The highest BCUT2D eigenvalue weighted by molar-refractivity contribution is 5.43. The van der Waals surface area contributed by atoms with Crippen LogP contribution in [0.2, 0.25) is 0 Å². The Morgan fingerprint density at radius 1 is 1.41 bits per heavy atom. The van der Waals surface area contributed by atoms with Gasteiger partial charge in [0.25, 0.3) is 0 Å². The molecule has 0 radical (unpaired) electrons. The van der Waals surface area contributed by atoms with Crippen LogP contribution >= 0.6 is 0 Å². The molecule has 88 valence electrons. The second-order valence-corrected chi connectivity index (χ2v) is 4.54. The molecule has 1 saturated heterocycles. The SMILES string of the molecule is O=C=NC1(c2cccc(OC3COC3)c2)CC1. The molecule has 4 heteroatoms. The predicted molar refractivity (Wildman–Crippen MR) is 60.7 cm³/mol. The topological polar surface area (TPSA) is 47.9 Å². The van der Waals surface area contributed by atoms with E-state index in [1.807, 2.05) is 24.3 Å². The van der Waals surface area contributed by atoms with Gasteiger partial charge in [0.2, 0.25) is 6.08 Å². The maximum absolute atomic E-state index is 10.4. The van der Waals surface area contributed by atoms with Gasteiger partial charge in [-0.2, -0.15) is 4.99 Å². The fourth-order valence-electron chi connectivity index (χ4n) is 2.00. The van der Waals surface area contributed by atoms with E-state index in [2.05, 4.69) is 4.99 Å². The minimum Gasteiger partial charge on any atom is -0.486 e. The Kier molecular flexibility index (Phi) is 2.46. The van der Waals surface area contributed by atoms with Crippen LogP contribution in [-0.4, -0.2) is 25.4 Å². The molecule has 0 spiro atoms. The first-order valence-corrected chi connectivity index (χ1v) is 5.76. The van der Waals surface area contributed by atoms with Gasteiger partial charge in [-0.1, -0.05) is 12.1 Å². The molecular weight excluding hydrogens is 218 g/mol. The second kappa shape index (κ2) is 3.99. The average molecular weight is 231 g/mol. The molecule has 4 nitrogen and oxygen atoms in total. The van der Waals surface area contributed by atoms with Crippen LogP contribution in [0.5, 0.6) is 5.75 Å². The molecule has 0 bridgehead atoms. The molecule has 0 N–H and O–H groups in total. The Bertz CT molecular complexity index is 471. The van der Waals surface area contributed by atoms with Gasteiger partial charge in [0, 0.05) is 0 Å². The molecule has 0 atom stereocenters. The molecule has 1 saturated carbocycles. The van der Waals surface area contributed by atoms with E-state index in [9.17, 15) is 4.79 Å². The van der Waals surface area contributed by atoms with Gasteiger partial charge in [0.1, 0.15) is 11.9 Å². The Hall–Kier alpha value is -1.64. The molecule has 0 amide bonds. The zero-order chi connectivity index (χ0) is 11.7. The highest BCUT2D eigenvalue weighted by atomic mass is 16.6. The van der Waals surface area contributed by atoms with Crippen LogP contribution in [0.1, 0.15) is 18.4 Å². The summed E-state index contributed by atoms with van der Waals surface area (Å²) < 4.78 is 10.8. The Balaban J connectivity index is 1.81. The smallest absolute Gasteiger partial charge is 0.235 e. The van der Waals surface area contributed by atoms with E-state index in [1.54, 1.807) is 6.08 Å². The van der Waals surface area contributed by atoms with E-state index in [-0.39, 0.29) is 11.6 Å². The highest BCUT2D eigenvalue weighted by Crippen LogP contribution is 2.49. The molecular formula is C13H13NO3. The maximum atomic E-state index is 10.4. The number of rotatable bonds is 4. The molecule has 1 heterocycles. The third-order valence-corrected chi connectivity index (χ3v) is 3.26. The summed E-state index contributed by atoms with van der Waals surface area (Å²) in [5, 5.41) is 0. The van der Waals surface area contributed by atoms with E-state index in [0.717, 1.165) is 24.2 Å². The highest BCUT2D eigenvalue weighted by Gasteiger charge is 2.45. The Labute approximate surface area is 99.3 Å². The quantitative estimate of drug-likeness (QED) is 0.586. The molecule has 1 aromatic carbocycles. The van der Waals surface area contributed by atoms with Crippen LogP contribution in [0.4, 0.5) is 0 Å². The number of hydrogen-bond acceptors (Lipinski definition) is 4. The number of benzene rings is 1. The van der Waals surface area contributed by atoms with Crippen molar-refractivity contribution < 1.29 is 14.3 Å². The summed E-state index contributed by atoms with van der Waals surface area (Å²) in [6, 6.07) is 7.80. The lowest BCUT2D eigenvalue weighted by Gasteiger charge is -2.27. The number of carbonyl (C=O) groups excluding carboxylic acids is 1. The van der Waals surface area contributed by atoms with Gasteiger partial charge in [0.15, 0.2) is 0 Å². The van der Waals surface area contributed by atoms with Crippen molar-refractivity contribution in [2.24, 2.45) is 4.99 Å². The van der Waals surface area contributed by atoms with Gasteiger partial charge in [-0.15, -0.1) is 0 Å². The number of aliphatic imine (C=N–C) groups is 1. The Morgan fingerprint density at radius 3 is 2.82 bits per heavy atom. The lowest BCUT2D eigenvalue weighted by atomic mass is 10.1. The van der Waals surface area contributed by atoms with Crippen molar-refractivity contribution in [1.82, 2.24) is 0 Å². The maximum Gasteiger partial charge on any atom is 0.235 e. The van der Waals surface area contributed by atoms with Gasteiger partial charge in [-0.25, -0.2) is 4.79 Å². The van der Waals surface area contributed by atoms with E-state index < -0.39 is 0 Å². The third kappa shape index (κ3) is 1.97. The molecule has 2 fully saturated rings. The molecule has 0 aromatic heterocycles. The van der Waals surface area contributed by atoms with Crippen molar-refractivity contribution in [1.29, 1.82) is 0 Å². The van der Waals surface area contributed by atoms with E-state index >= 15 is 0 Å². The normalized spacial score (nSPS) is 21.2. The van der Waals surface area contributed by atoms with E-state index in [0.29, 0.717) is 13.2 Å². The van der Waals surface area contributed by atoms with Crippen LogP contribution in [0.25, 0.3) is 0 Å². The number of hydrogen-bond donors (Lipinski definition) is 0. The first-order valence-electron chi connectivity index (χ1n) is 5.76. The second-order valence-electron chi connectivity index (χ2n) is 4.54. The molecule has 2 aliphatic rings. The van der Waals surface area contributed by atoms with Gasteiger partial charge < -0.3 is 9.47 Å². The summed E-state index contributed by atoms with van der Waals surface area (Å²) in [6.45, 7) is 1.31. The van der Waals surface area contributed by atoms with Gasteiger partial charge >= 0.3 is 0 Å². The molecule has 1 aliphatic heterocycles. The monoisotopic (exact) mass is 231 g/mol. The fourth-order valence-corrected chi connectivity index (χ4v) is 2.00. The zero-order valence-electron chi connectivity index (χ0n) is 9.39. The number of isocyanates is 1. The molecule has 0 unspecified atom stereocenters. The Morgan fingerprint density at radius 2 is 2.24 bits per heavy atom. The lowest BCUT2D eigenvalue weighted by Crippen LogP contribution is -2.38. The van der Waals surface area contributed by atoms with Crippen LogP contribution in [-0.2, 0) is 15.1 Å². The average Bonchev–Trinajstić information content (AvgIpc) is 3.06. The van der Waals surface area contributed by atoms with Crippen molar-refractivity contribution in [3.8, 4) is 5.75 Å². The zero-order valence-corrected chi connectivity index (χ0v) is 9.39. The van der Waals surface area contributed by atoms with E-state index in [1.165, 1.54) is 0 Å². The fraction of sp³-hybridized carbons (Fsp3) is 0.462. The largest absolute Gasteiger partial charge is 0.486 e. The molecule has 1 aromatic rings. The minimum atomic E-state index is -0.322. The first-order chi connectivity index (χ1) is 8.32. The number of nitrogens with zero attached hydrogens (tertiary/aromatic N) is 1. The van der Waals surface area contributed by atoms with Crippen LogP contribution < -0.4 is 4.74 Å². The predicted octanol–water partition coefficient (Wildman–Crippen LogP) is 1.79. The van der Waals surface area contributed by atoms with Crippen molar-refractivity contribution in [3.63, 3.8) is 0 Å². The lowest BCUT2D eigenvalue weighted by molar-refractivity contribution is -0.0797. The summed E-state index contributed by atoms with van der Waals surface area (Å²) in [7, 11) is 0. The van der Waals surface area contributed by atoms with Crippen LogP contribution in [0, 0.1) is 0 Å². The standard InChI is InChI=1S/C13H13NO3/c15-9-14-13(4-5-13)10-2-1-3-11(6-10)17-12-7-16-8-12/h1-3,6,12H,4-5,7-8H2. The summed E-state index contributed by atoms with van der Waals surface area (Å²) in [5.74, 6) is 0.822. The summed E-state index contributed by atoms with van der Waals surface area (Å²) in [6.07, 6.45) is 3.66. The minimum absolute atomic E-state index is 0.162. The summed E-state index contributed by atoms with van der Waals surface area (Å²) in [4.78, 5) is 14.3. The first kappa shape index (κ1) is 10.5. The van der Waals surface area contributed by atoms with Crippen LogP contribution in [0.15, 0.2) is 29.3 Å². The van der Waals surface area contributed by atoms with Gasteiger partial charge in [0.05, 0.1) is 18.8 Å².